The number of anilines is 1. The van der Waals surface area contributed by atoms with Crippen LogP contribution in [0.2, 0.25) is 0 Å². The van der Waals surface area contributed by atoms with E-state index in [1.807, 2.05) is 0 Å². The molecule has 27 heavy (non-hydrogen) atoms. The van der Waals surface area contributed by atoms with Gasteiger partial charge in [-0.25, -0.2) is 9.18 Å². The Bertz CT molecular complexity index is 833. The zero-order chi connectivity index (χ0) is 19.8. The van der Waals surface area contributed by atoms with Crippen molar-refractivity contribution in [3.8, 4) is 5.75 Å². The van der Waals surface area contributed by atoms with E-state index in [1.165, 1.54) is 12.1 Å². The number of ether oxygens (including phenoxy) is 2. The van der Waals surface area contributed by atoms with Gasteiger partial charge in [-0.1, -0.05) is 13.0 Å². The minimum Gasteiger partial charge on any atom is -0.482 e. The van der Waals surface area contributed by atoms with Gasteiger partial charge in [-0.05, 0) is 48.9 Å². The Kier molecular flexibility index (Phi) is 7.05. The van der Waals surface area contributed by atoms with Crippen molar-refractivity contribution in [2.75, 3.05) is 18.5 Å². The predicted molar refractivity (Wildman–Crippen MR) is 97.3 cm³/mol. The first-order valence-corrected chi connectivity index (χ1v) is 8.36. The molecule has 7 heteroatoms. The molecule has 0 bridgehead atoms. The van der Waals surface area contributed by atoms with Gasteiger partial charge in [0, 0.05) is 17.7 Å². The van der Waals surface area contributed by atoms with E-state index in [-0.39, 0.29) is 18.1 Å². The molecule has 0 saturated heterocycles. The van der Waals surface area contributed by atoms with Gasteiger partial charge in [-0.2, -0.15) is 0 Å². The molecule has 1 amide bonds. The predicted octanol–water partition coefficient (Wildman–Crippen LogP) is 3.29. The monoisotopic (exact) mass is 373 g/mol. The van der Waals surface area contributed by atoms with Crippen LogP contribution in [0.1, 0.15) is 29.3 Å². The highest BCUT2D eigenvalue weighted by atomic mass is 19.1. The number of nitrogens with one attached hydrogen (secondary N) is 1. The molecule has 0 heterocycles. The molecule has 142 valence electrons. The Hall–Kier alpha value is -3.22. The molecule has 6 nitrogen and oxygen atoms in total. The van der Waals surface area contributed by atoms with Crippen LogP contribution in [-0.4, -0.2) is 30.9 Å². The van der Waals surface area contributed by atoms with E-state index in [4.69, 9.17) is 9.47 Å². The van der Waals surface area contributed by atoms with Crippen molar-refractivity contribution >= 4 is 23.3 Å². The van der Waals surface area contributed by atoms with Crippen LogP contribution in [0, 0.1) is 12.7 Å². The zero-order valence-electron chi connectivity index (χ0n) is 15.1. The van der Waals surface area contributed by atoms with Crippen LogP contribution >= 0.6 is 0 Å². The van der Waals surface area contributed by atoms with Gasteiger partial charge in [0.15, 0.2) is 19.0 Å². The minimum absolute atomic E-state index is 0.0143. The third kappa shape index (κ3) is 6.22. The zero-order valence-corrected chi connectivity index (χ0v) is 15.1. The number of hydrogen-bond acceptors (Lipinski definition) is 5. The summed E-state index contributed by atoms with van der Waals surface area (Å²) in [6, 6.07) is 10.6. The first-order valence-electron chi connectivity index (χ1n) is 8.36. The number of ketones is 1. The van der Waals surface area contributed by atoms with Crippen molar-refractivity contribution in [2.45, 2.75) is 20.3 Å². The summed E-state index contributed by atoms with van der Waals surface area (Å²) >= 11 is 0. The molecule has 0 radical (unpaired) electrons. The molecule has 0 saturated carbocycles. The second-order valence-electron chi connectivity index (χ2n) is 5.76. The summed E-state index contributed by atoms with van der Waals surface area (Å²) in [5.74, 6) is -1.34. The van der Waals surface area contributed by atoms with E-state index < -0.39 is 24.3 Å². The van der Waals surface area contributed by atoms with E-state index in [9.17, 15) is 18.8 Å². The van der Waals surface area contributed by atoms with Gasteiger partial charge < -0.3 is 14.8 Å². The van der Waals surface area contributed by atoms with Crippen molar-refractivity contribution in [3.05, 3.63) is 59.4 Å². The van der Waals surface area contributed by atoms with Crippen LogP contribution in [0.3, 0.4) is 0 Å². The molecule has 0 aliphatic carbocycles. The minimum atomic E-state index is -0.728. The maximum Gasteiger partial charge on any atom is 0.344 e. The van der Waals surface area contributed by atoms with Crippen molar-refractivity contribution < 1.29 is 28.2 Å². The lowest BCUT2D eigenvalue weighted by Crippen LogP contribution is -2.23. The molecule has 0 spiro atoms. The second kappa shape index (κ2) is 9.47. The van der Waals surface area contributed by atoms with Crippen molar-refractivity contribution in [1.82, 2.24) is 0 Å². The number of halogens is 1. The molecule has 0 aliphatic rings. The second-order valence-corrected chi connectivity index (χ2v) is 5.76. The maximum atomic E-state index is 13.4. The van der Waals surface area contributed by atoms with Crippen molar-refractivity contribution in [3.63, 3.8) is 0 Å². The SMILES string of the molecule is CCC(=O)c1ccc(OCC(=O)OCC(=O)Nc2ccc(C)c(F)c2)cc1. The average molecular weight is 373 g/mol. The number of esters is 1. The number of Topliss-reactive ketones (excluding diaryl/α,β-unsaturated/α-hetero) is 1. The topological polar surface area (TPSA) is 81.7 Å². The first-order chi connectivity index (χ1) is 12.9. The normalized spacial score (nSPS) is 10.2. The number of carbonyl (C=O) groups excluding carboxylic acids is 3. The molecule has 2 rings (SSSR count). The lowest BCUT2D eigenvalue weighted by atomic mass is 10.1. The molecule has 1 N–H and O–H groups in total. The van der Waals surface area contributed by atoms with Crippen LogP contribution < -0.4 is 10.1 Å². The number of carbonyl (C=O) groups is 3. The Labute approximate surface area is 156 Å². The quantitative estimate of drug-likeness (QED) is 0.567. The third-order valence-corrected chi connectivity index (χ3v) is 3.67. The van der Waals surface area contributed by atoms with E-state index in [2.05, 4.69) is 5.32 Å². The van der Waals surface area contributed by atoms with Crippen LogP contribution in [0.15, 0.2) is 42.5 Å². The van der Waals surface area contributed by atoms with Crippen LogP contribution in [0.4, 0.5) is 10.1 Å². The molecule has 0 unspecified atom stereocenters. The lowest BCUT2D eigenvalue weighted by Gasteiger charge is -2.09. The number of rotatable bonds is 8. The van der Waals surface area contributed by atoms with Gasteiger partial charge in [-0.15, -0.1) is 0 Å². The van der Waals surface area contributed by atoms with Crippen molar-refractivity contribution in [2.24, 2.45) is 0 Å². The highest BCUT2D eigenvalue weighted by Gasteiger charge is 2.10. The summed E-state index contributed by atoms with van der Waals surface area (Å²) in [6.07, 6.45) is 0.407. The largest absolute Gasteiger partial charge is 0.482 e. The Morgan fingerprint density at radius 2 is 1.74 bits per heavy atom. The lowest BCUT2D eigenvalue weighted by molar-refractivity contribution is -0.149. The third-order valence-electron chi connectivity index (χ3n) is 3.67. The molecular formula is C20H20FNO5. The summed E-state index contributed by atoms with van der Waals surface area (Å²) < 4.78 is 23.5. The van der Waals surface area contributed by atoms with E-state index >= 15 is 0 Å². The van der Waals surface area contributed by atoms with Crippen LogP contribution in [0.5, 0.6) is 5.75 Å². The Balaban J connectivity index is 1.74. The van der Waals surface area contributed by atoms with Gasteiger partial charge >= 0.3 is 5.97 Å². The van der Waals surface area contributed by atoms with Gasteiger partial charge in [0.2, 0.25) is 0 Å². The fraction of sp³-hybridized carbons (Fsp3) is 0.250. The van der Waals surface area contributed by atoms with Gasteiger partial charge in [-0.3, -0.25) is 9.59 Å². The number of amides is 1. The number of aryl methyl sites for hydroxylation is 1. The molecule has 0 aromatic heterocycles. The molecule has 2 aromatic rings. The fourth-order valence-corrected chi connectivity index (χ4v) is 2.14. The fourth-order valence-electron chi connectivity index (χ4n) is 2.14. The molecule has 0 fully saturated rings. The van der Waals surface area contributed by atoms with Crippen LogP contribution in [-0.2, 0) is 14.3 Å². The average Bonchev–Trinajstić information content (AvgIpc) is 2.67. The smallest absolute Gasteiger partial charge is 0.344 e. The van der Waals surface area contributed by atoms with Gasteiger partial charge in [0.25, 0.3) is 5.91 Å². The Morgan fingerprint density at radius 1 is 1.04 bits per heavy atom. The van der Waals surface area contributed by atoms with E-state index in [0.717, 1.165) is 0 Å². The molecule has 0 atom stereocenters. The molecular weight excluding hydrogens is 353 g/mol. The highest BCUT2D eigenvalue weighted by Crippen LogP contribution is 2.14. The number of benzene rings is 2. The molecule has 2 aromatic carbocycles. The van der Waals surface area contributed by atoms with Crippen molar-refractivity contribution in [1.29, 1.82) is 0 Å². The summed E-state index contributed by atoms with van der Waals surface area (Å²) in [5.41, 5.74) is 1.30. The van der Waals surface area contributed by atoms with Gasteiger partial charge in [0.1, 0.15) is 11.6 Å². The maximum absolute atomic E-state index is 13.4. The molecule has 0 aliphatic heterocycles. The first kappa shape index (κ1) is 20.1. The highest BCUT2D eigenvalue weighted by molar-refractivity contribution is 5.96. The van der Waals surface area contributed by atoms with Gasteiger partial charge in [0.05, 0.1) is 0 Å². The summed E-state index contributed by atoms with van der Waals surface area (Å²) in [4.78, 5) is 34.9. The standard InChI is InChI=1S/C20H20FNO5/c1-3-18(23)14-5-8-16(9-6-14)26-12-20(25)27-11-19(24)22-15-7-4-13(2)17(21)10-15/h4-10H,3,11-12H2,1-2H3,(H,22,24). The summed E-state index contributed by atoms with van der Waals surface area (Å²) in [7, 11) is 0. The van der Waals surface area contributed by atoms with Crippen LogP contribution in [0.25, 0.3) is 0 Å². The number of hydrogen-bond donors (Lipinski definition) is 1. The van der Waals surface area contributed by atoms with E-state index in [0.29, 0.717) is 23.3 Å². The summed E-state index contributed by atoms with van der Waals surface area (Å²) in [6.45, 7) is 2.49. The van der Waals surface area contributed by atoms with E-state index in [1.54, 1.807) is 44.2 Å². The Morgan fingerprint density at radius 3 is 2.37 bits per heavy atom. The summed E-state index contributed by atoms with van der Waals surface area (Å²) in [5, 5.41) is 2.43.